The third kappa shape index (κ3) is 6.77. The maximum Gasteiger partial charge on any atom is 0.410 e. The van der Waals surface area contributed by atoms with E-state index < -0.39 is 5.60 Å². The summed E-state index contributed by atoms with van der Waals surface area (Å²) in [5.41, 5.74) is 5.40. The molecule has 0 radical (unpaired) electrons. The number of fused-ring (bicyclic) bond motifs is 1. The highest BCUT2D eigenvalue weighted by atomic mass is 35.5. The number of aryl methyl sites for hydroxylation is 1. The van der Waals surface area contributed by atoms with Gasteiger partial charge in [-0.1, -0.05) is 18.5 Å². The SMILES string of the molecule is CC[C@@]1(C)CN(c2ccnnc2)CCN1c1nn(C2CCN(C(=O)OC(C)(C)C)CC2)c(C)c1-c1c(Cl)c(C)cc2c1cnn2C1CCCCO1. The molecular formula is C38H52ClN9O3. The molecule has 0 bridgehead atoms. The van der Waals surface area contributed by atoms with E-state index in [-0.39, 0.29) is 23.9 Å². The van der Waals surface area contributed by atoms with E-state index in [1.807, 2.05) is 48.8 Å². The zero-order valence-corrected chi connectivity index (χ0v) is 31.9. The second kappa shape index (κ2) is 13.9. The van der Waals surface area contributed by atoms with E-state index >= 15 is 0 Å². The van der Waals surface area contributed by atoms with Crippen LogP contribution in [-0.2, 0) is 9.47 Å². The number of aromatic nitrogens is 6. The van der Waals surface area contributed by atoms with Gasteiger partial charge >= 0.3 is 6.09 Å². The Morgan fingerprint density at radius 1 is 1.04 bits per heavy atom. The summed E-state index contributed by atoms with van der Waals surface area (Å²) in [6.45, 7) is 18.9. The molecule has 13 heteroatoms. The van der Waals surface area contributed by atoms with E-state index in [1.165, 1.54) is 0 Å². The van der Waals surface area contributed by atoms with Gasteiger partial charge in [-0.2, -0.15) is 20.4 Å². The number of halogens is 1. The van der Waals surface area contributed by atoms with E-state index in [1.54, 1.807) is 6.20 Å². The number of carbonyl (C=O) groups is 1. The Balaban J connectivity index is 1.32. The molecule has 1 aromatic carbocycles. The van der Waals surface area contributed by atoms with Crippen molar-refractivity contribution in [2.24, 2.45) is 0 Å². The fourth-order valence-corrected chi connectivity index (χ4v) is 8.32. The molecule has 3 fully saturated rings. The Bertz CT molecular complexity index is 1870. The van der Waals surface area contributed by atoms with Crippen LogP contribution >= 0.6 is 11.6 Å². The minimum absolute atomic E-state index is 0.0951. The molecular weight excluding hydrogens is 666 g/mol. The average molecular weight is 718 g/mol. The van der Waals surface area contributed by atoms with Gasteiger partial charge in [0.1, 0.15) is 5.60 Å². The van der Waals surface area contributed by atoms with Crippen molar-refractivity contribution in [1.82, 2.24) is 34.7 Å². The van der Waals surface area contributed by atoms with Crippen LogP contribution in [0.1, 0.15) is 96.7 Å². The van der Waals surface area contributed by atoms with Gasteiger partial charge in [-0.25, -0.2) is 9.48 Å². The first-order chi connectivity index (χ1) is 24.4. The maximum atomic E-state index is 12.9. The molecule has 0 aliphatic carbocycles. The number of nitrogens with zero attached hydrogens (tertiary/aromatic N) is 9. The highest BCUT2D eigenvalue weighted by Gasteiger charge is 2.41. The number of hydrogen-bond acceptors (Lipinski definition) is 9. The van der Waals surface area contributed by atoms with E-state index in [4.69, 9.17) is 31.3 Å². The lowest BCUT2D eigenvalue weighted by molar-refractivity contribution is -0.0366. The minimum atomic E-state index is -0.532. The number of hydrogen-bond donors (Lipinski definition) is 0. The maximum absolute atomic E-state index is 12.9. The average Bonchev–Trinajstić information content (AvgIpc) is 3.69. The van der Waals surface area contributed by atoms with Crippen molar-refractivity contribution in [3.05, 3.63) is 47.0 Å². The molecule has 1 unspecified atom stereocenters. The summed E-state index contributed by atoms with van der Waals surface area (Å²) in [6, 6.07) is 4.30. The van der Waals surface area contributed by atoms with Crippen molar-refractivity contribution in [3.63, 3.8) is 0 Å². The quantitative estimate of drug-likeness (QED) is 0.198. The van der Waals surface area contributed by atoms with Gasteiger partial charge in [-0.15, -0.1) is 0 Å². The summed E-state index contributed by atoms with van der Waals surface area (Å²) in [7, 11) is 0. The van der Waals surface area contributed by atoms with Crippen molar-refractivity contribution in [1.29, 1.82) is 0 Å². The molecule has 51 heavy (non-hydrogen) atoms. The summed E-state index contributed by atoms with van der Waals surface area (Å²) >= 11 is 7.39. The van der Waals surface area contributed by atoms with Crippen LogP contribution in [0.5, 0.6) is 0 Å². The minimum Gasteiger partial charge on any atom is -0.444 e. The highest BCUT2D eigenvalue weighted by molar-refractivity contribution is 6.36. The zero-order valence-electron chi connectivity index (χ0n) is 31.2. The van der Waals surface area contributed by atoms with Crippen LogP contribution in [0.3, 0.4) is 0 Å². The first-order valence-electron chi connectivity index (χ1n) is 18.5. The Labute approximate surface area is 306 Å². The number of rotatable bonds is 6. The summed E-state index contributed by atoms with van der Waals surface area (Å²) in [6.07, 6.45) is 10.8. The van der Waals surface area contributed by atoms with Gasteiger partial charge in [0.25, 0.3) is 0 Å². The molecule has 0 spiro atoms. The third-order valence-electron chi connectivity index (χ3n) is 11.0. The summed E-state index contributed by atoms with van der Waals surface area (Å²) in [5.74, 6) is 0.939. The van der Waals surface area contributed by atoms with Gasteiger partial charge in [-0.3, -0.25) is 4.68 Å². The predicted molar refractivity (Wildman–Crippen MR) is 201 cm³/mol. The number of benzene rings is 1. The predicted octanol–water partition coefficient (Wildman–Crippen LogP) is 7.73. The number of carbonyl (C=O) groups excluding carboxylic acids is 1. The van der Waals surface area contributed by atoms with Gasteiger partial charge in [0.05, 0.1) is 46.4 Å². The van der Waals surface area contributed by atoms with Gasteiger partial charge in [0.2, 0.25) is 0 Å². The first-order valence-corrected chi connectivity index (χ1v) is 18.9. The van der Waals surface area contributed by atoms with Crippen LogP contribution in [0.25, 0.3) is 22.0 Å². The fourth-order valence-electron chi connectivity index (χ4n) is 8.06. The van der Waals surface area contributed by atoms with Crippen LogP contribution in [0.2, 0.25) is 5.02 Å². The van der Waals surface area contributed by atoms with Gasteiger partial charge in [0, 0.05) is 61.5 Å². The number of ether oxygens (including phenoxy) is 2. The zero-order chi connectivity index (χ0) is 36.1. The number of piperidine rings is 1. The van der Waals surface area contributed by atoms with E-state index in [9.17, 15) is 4.79 Å². The number of anilines is 2. The van der Waals surface area contributed by atoms with Crippen molar-refractivity contribution >= 4 is 40.1 Å². The fraction of sp³-hybridized carbons (Fsp3) is 0.605. The summed E-state index contributed by atoms with van der Waals surface area (Å²) in [5, 5.41) is 20.3. The molecule has 0 N–H and O–H groups in total. The highest BCUT2D eigenvalue weighted by Crippen LogP contribution is 2.47. The van der Waals surface area contributed by atoms with Crippen molar-refractivity contribution in [2.75, 3.05) is 49.1 Å². The molecule has 2 atom stereocenters. The van der Waals surface area contributed by atoms with Crippen molar-refractivity contribution in [2.45, 2.75) is 110 Å². The number of likely N-dealkylation sites (tertiary alicyclic amines) is 1. The number of piperazine rings is 1. The first kappa shape index (κ1) is 35.5. The Kier molecular flexibility index (Phi) is 9.68. The smallest absolute Gasteiger partial charge is 0.410 e. The van der Waals surface area contributed by atoms with Gasteiger partial charge < -0.3 is 24.2 Å². The van der Waals surface area contributed by atoms with Crippen LogP contribution in [-0.4, -0.2) is 91.2 Å². The molecule has 1 amide bonds. The Hall–Kier alpha value is -3.90. The molecule has 3 aliphatic rings. The lowest BCUT2D eigenvalue weighted by Gasteiger charge is -2.50. The van der Waals surface area contributed by atoms with E-state index in [2.05, 4.69) is 58.4 Å². The topological polar surface area (TPSA) is 107 Å². The lowest BCUT2D eigenvalue weighted by Crippen LogP contribution is -2.61. The molecule has 274 valence electrons. The molecule has 12 nitrogen and oxygen atoms in total. The Morgan fingerprint density at radius 2 is 1.82 bits per heavy atom. The van der Waals surface area contributed by atoms with Crippen LogP contribution in [0.4, 0.5) is 16.3 Å². The van der Waals surface area contributed by atoms with Crippen molar-refractivity contribution < 1.29 is 14.3 Å². The molecule has 6 heterocycles. The second-order valence-electron chi connectivity index (χ2n) is 15.7. The molecule has 3 saturated heterocycles. The van der Waals surface area contributed by atoms with E-state index in [0.29, 0.717) is 13.1 Å². The standard InChI is InChI=1S/C38H52ClN9O3/c1-8-38(7)24-45(28-12-15-40-41-22-28)18-19-46(38)35-32(26(3)47(43-35)27-13-16-44(17-14-27)36(49)51-37(4,5)6)33-29-23-42-48(31-11-9-10-20-50-31)30(29)21-25(2)34(33)39/h12,15,21-23,27,31H,8-11,13-14,16-20,24H2,1-7H3/t31?,38-/m0/s1. The van der Waals surface area contributed by atoms with Crippen LogP contribution < -0.4 is 9.80 Å². The summed E-state index contributed by atoms with van der Waals surface area (Å²) < 4.78 is 16.2. The van der Waals surface area contributed by atoms with Gasteiger partial charge in [-0.05, 0) is 97.8 Å². The molecule has 0 saturated carbocycles. The van der Waals surface area contributed by atoms with E-state index in [0.717, 1.165) is 115 Å². The number of amides is 1. The molecule has 3 aromatic heterocycles. The molecule has 4 aromatic rings. The third-order valence-corrected chi connectivity index (χ3v) is 11.5. The van der Waals surface area contributed by atoms with Crippen LogP contribution in [0, 0.1) is 13.8 Å². The molecule has 3 aliphatic heterocycles. The van der Waals surface area contributed by atoms with Crippen LogP contribution in [0.15, 0.2) is 30.7 Å². The normalized spacial score (nSPS) is 22.2. The Morgan fingerprint density at radius 3 is 2.49 bits per heavy atom. The second-order valence-corrected chi connectivity index (χ2v) is 16.1. The molecule has 7 rings (SSSR count). The lowest BCUT2D eigenvalue weighted by atomic mass is 9.91. The van der Waals surface area contributed by atoms with Crippen molar-refractivity contribution in [3.8, 4) is 11.1 Å². The monoisotopic (exact) mass is 717 g/mol. The van der Waals surface area contributed by atoms with Gasteiger partial charge in [0.15, 0.2) is 12.0 Å². The largest absolute Gasteiger partial charge is 0.444 e. The summed E-state index contributed by atoms with van der Waals surface area (Å²) in [4.78, 5) is 19.7.